The Morgan fingerprint density at radius 2 is 1.79 bits per heavy atom. The molecule has 3 rings (SSSR count). The van der Waals surface area contributed by atoms with Crippen LogP contribution < -0.4 is 5.32 Å². The Kier molecular flexibility index (Phi) is 3.18. The highest BCUT2D eigenvalue weighted by Crippen LogP contribution is 2.30. The average molecular weight is 272 g/mol. The van der Waals surface area contributed by atoms with Gasteiger partial charge in [-0.15, -0.1) is 0 Å². The maximum atomic E-state index is 6.15. The van der Waals surface area contributed by atoms with Crippen LogP contribution in [0.25, 0.3) is 11.0 Å². The van der Waals surface area contributed by atoms with Gasteiger partial charge in [0, 0.05) is 23.2 Å². The lowest BCUT2D eigenvalue weighted by atomic mass is 10.1. The number of rotatable bonds is 3. The highest BCUT2D eigenvalue weighted by Gasteiger charge is 2.11. The lowest BCUT2D eigenvalue weighted by Gasteiger charge is -2.05. The zero-order chi connectivity index (χ0) is 13.2. The molecule has 1 aromatic heterocycles. The Morgan fingerprint density at radius 3 is 2.58 bits per heavy atom. The smallest absolute Gasteiger partial charge is 0.199 e. The van der Waals surface area contributed by atoms with E-state index in [0.717, 1.165) is 22.2 Å². The monoisotopic (exact) mass is 271 g/mol. The first-order chi connectivity index (χ1) is 9.24. The molecule has 0 atom stereocenters. The molecule has 0 saturated heterocycles. The minimum Gasteiger partial charge on any atom is -0.444 e. The van der Waals surface area contributed by atoms with E-state index in [2.05, 4.69) is 36.5 Å². The number of anilines is 1. The van der Waals surface area contributed by atoms with Crippen LogP contribution in [0.4, 0.5) is 5.69 Å². The molecule has 96 valence electrons. The SMILES string of the molecule is Cc1ccc(NCc2c(Cl)oc3ccccc23)cc1. The predicted molar refractivity (Wildman–Crippen MR) is 79.7 cm³/mol. The molecule has 2 aromatic carbocycles. The highest BCUT2D eigenvalue weighted by atomic mass is 35.5. The van der Waals surface area contributed by atoms with Crippen molar-refractivity contribution >= 4 is 28.3 Å². The van der Waals surface area contributed by atoms with Crippen LogP contribution in [0.1, 0.15) is 11.1 Å². The van der Waals surface area contributed by atoms with E-state index in [0.29, 0.717) is 11.8 Å². The van der Waals surface area contributed by atoms with Gasteiger partial charge in [0.2, 0.25) is 0 Å². The van der Waals surface area contributed by atoms with Gasteiger partial charge in [-0.25, -0.2) is 0 Å². The lowest BCUT2D eigenvalue weighted by Crippen LogP contribution is -1.98. The van der Waals surface area contributed by atoms with Crippen molar-refractivity contribution in [3.05, 3.63) is 64.9 Å². The van der Waals surface area contributed by atoms with Crippen LogP contribution in [-0.2, 0) is 6.54 Å². The molecule has 0 amide bonds. The van der Waals surface area contributed by atoms with Gasteiger partial charge in [0.1, 0.15) is 5.58 Å². The molecule has 0 spiro atoms. The van der Waals surface area contributed by atoms with Crippen LogP contribution in [0.15, 0.2) is 52.9 Å². The molecule has 3 aromatic rings. The summed E-state index contributed by atoms with van der Waals surface area (Å²) in [6, 6.07) is 16.2. The summed E-state index contributed by atoms with van der Waals surface area (Å²) >= 11 is 6.15. The third-order valence-corrected chi connectivity index (χ3v) is 3.48. The summed E-state index contributed by atoms with van der Waals surface area (Å²) in [5, 5.41) is 4.88. The van der Waals surface area contributed by atoms with Crippen LogP contribution in [-0.4, -0.2) is 0 Å². The number of para-hydroxylation sites is 1. The second-order valence-electron chi connectivity index (χ2n) is 4.57. The van der Waals surface area contributed by atoms with Crippen molar-refractivity contribution in [2.45, 2.75) is 13.5 Å². The van der Waals surface area contributed by atoms with Crippen molar-refractivity contribution in [2.75, 3.05) is 5.32 Å². The summed E-state index contributed by atoms with van der Waals surface area (Å²) in [6.07, 6.45) is 0. The Bertz CT molecular complexity index is 700. The number of furan rings is 1. The van der Waals surface area contributed by atoms with Crippen molar-refractivity contribution in [1.29, 1.82) is 0 Å². The summed E-state index contributed by atoms with van der Waals surface area (Å²) in [5.74, 6) is 0. The molecule has 1 heterocycles. The molecule has 1 N–H and O–H groups in total. The normalized spacial score (nSPS) is 10.8. The van der Waals surface area contributed by atoms with Gasteiger partial charge in [-0.2, -0.15) is 0 Å². The Labute approximate surface area is 117 Å². The second kappa shape index (κ2) is 4.98. The number of hydrogen-bond donors (Lipinski definition) is 1. The first-order valence-electron chi connectivity index (χ1n) is 6.20. The number of hydrogen-bond acceptors (Lipinski definition) is 2. The van der Waals surface area contributed by atoms with Crippen LogP contribution in [0.3, 0.4) is 0 Å². The van der Waals surface area contributed by atoms with Gasteiger partial charge < -0.3 is 9.73 Å². The number of fused-ring (bicyclic) bond motifs is 1. The van der Waals surface area contributed by atoms with Gasteiger partial charge in [0.15, 0.2) is 5.22 Å². The fraction of sp³-hybridized carbons (Fsp3) is 0.125. The fourth-order valence-electron chi connectivity index (χ4n) is 2.10. The summed E-state index contributed by atoms with van der Waals surface area (Å²) in [4.78, 5) is 0. The van der Waals surface area contributed by atoms with Gasteiger partial charge in [0.25, 0.3) is 0 Å². The molecule has 0 aliphatic carbocycles. The average Bonchev–Trinajstić information content (AvgIpc) is 2.74. The van der Waals surface area contributed by atoms with Gasteiger partial charge >= 0.3 is 0 Å². The maximum Gasteiger partial charge on any atom is 0.199 e. The zero-order valence-corrected chi connectivity index (χ0v) is 11.4. The molecular weight excluding hydrogens is 258 g/mol. The van der Waals surface area contributed by atoms with Crippen molar-refractivity contribution in [1.82, 2.24) is 0 Å². The van der Waals surface area contributed by atoms with Crippen LogP contribution in [0.2, 0.25) is 5.22 Å². The Morgan fingerprint density at radius 1 is 1.05 bits per heavy atom. The third kappa shape index (κ3) is 2.45. The van der Waals surface area contributed by atoms with Crippen LogP contribution in [0, 0.1) is 6.92 Å². The molecule has 0 bridgehead atoms. The molecule has 0 saturated carbocycles. The summed E-state index contributed by atoms with van der Waals surface area (Å²) < 4.78 is 5.53. The summed E-state index contributed by atoms with van der Waals surface area (Å²) in [5.41, 5.74) is 4.15. The first-order valence-corrected chi connectivity index (χ1v) is 6.58. The van der Waals surface area contributed by atoms with Crippen molar-refractivity contribution in [3.8, 4) is 0 Å². The molecule has 0 aliphatic rings. The lowest BCUT2D eigenvalue weighted by molar-refractivity contribution is 0.613. The largest absolute Gasteiger partial charge is 0.444 e. The van der Waals surface area contributed by atoms with E-state index in [9.17, 15) is 0 Å². The zero-order valence-electron chi connectivity index (χ0n) is 10.6. The third-order valence-electron chi connectivity index (χ3n) is 3.17. The highest BCUT2D eigenvalue weighted by molar-refractivity contribution is 6.30. The predicted octanol–water partition coefficient (Wildman–Crippen LogP) is 5.01. The molecule has 0 aliphatic heterocycles. The molecule has 3 heteroatoms. The topological polar surface area (TPSA) is 25.2 Å². The number of benzene rings is 2. The van der Waals surface area contributed by atoms with Crippen LogP contribution in [0.5, 0.6) is 0 Å². The van der Waals surface area contributed by atoms with E-state index >= 15 is 0 Å². The quantitative estimate of drug-likeness (QED) is 0.725. The first kappa shape index (κ1) is 12.1. The standard InChI is InChI=1S/C16H14ClNO/c1-11-6-8-12(9-7-11)18-10-14-13-4-2-3-5-15(13)19-16(14)17/h2-9,18H,10H2,1H3. The van der Waals surface area contributed by atoms with E-state index in [1.165, 1.54) is 5.56 Å². The fourth-order valence-corrected chi connectivity index (χ4v) is 2.35. The molecule has 19 heavy (non-hydrogen) atoms. The summed E-state index contributed by atoms with van der Waals surface area (Å²) in [6.45, 7) is 2.73. The number of aryl methyl sites for hydroxylation is 1. The molecule has 0 unspecified atom stereocenters. The number of halogens is 1. The molecule has 0 fully saturated rings. The van der Waals surface area contributed by atoms with Crippen molar-refractivity contribution in [3.63, 3.8) is 0 Å². The van der Waals surface area contributed by atoms with Gasteiger partial charge in [0.05, 0.1) is 0 Å². The Balaban J connectivity index is 1.85. The van der Waals surface area contributed by atoms with E-state index < -0.39 is 0 Å². The summed E-state index contributed by atoms with van der Waals surface area (Å²) in [7, 11) is 0. The van der Waals surface area contributed by atoms with Crippen molar-refractivity contribution in [2.24, 2.45) is 0 Å². The van der Waals surface area contributed by atoms with Gasteiger partial charge in [-0.1, -0.05) is 35.9 Å². The van der Waals surface area contributed by atoms with Gasteiger partial charge in [-0.3, -0.25) is 0 Å². The van der Waals surface area contributed by atoms with E-state index in [-0.39, 0.29) is 0 Å². The molecular formula is C16H14ClNO. The van der Waals surface area contributed by atoms with E-state index in [1.54, 1.807) is 0 Å². The minimum atomic E-state index is 0.459. The minimum absolute atomic E-state index is 0.459. The molecule has 0 radical (unpaired) electrons. The number of nitrogens with one attached hydrogen (secondary N) is 1. The second-order valence-corrected chi connectivity index (χ2v) is 4.91. The van der Waals surface area contributed by atoms with Crippen molar-refractivity contribution < 1.29 is 4.42 Å². The van der Waals surface area contributed by atoms with E-state index in [4.69, 9.17) is 16.0 Å². The van der Waals surface area contributed by atoms with Crippen LogP contribution >= 0.6 is 11.6 Å². The van der Waals surface area contributed by atoms with Gasteiger partial charge in [-0.05, 0) is 36.7 Å². The Hall–Kier alpha value is -1.93. The molecule has 2 nitrogen and oxygen atoms in total. The van der Waals surface area contributed by atoms with E-state index in [1.807, 2.05) is 24.3 Å². The maximum absolute atomic E-state index is 6.15.